The van der Waals surface area contributed by atoms with E-state index in [0.717, 1.165) is 22.8 Å². The number of anilines is 1. The number of carbonyl (C=O) groups is 1. The van der Waals surface area contributed by atoms with Gasteiger partial charge in [-0.25, -0.2) is 23.2 Å². The van der Waals surface area contributed by atoms with Gasteiger partial charge in [-0.2, -0.15) is 17.5 Å². The Morgan fingerprint density at radius 2 is 1.83 bits per heavy atom. The molecule has 30 heavy (non-hydrogen) atoms. The van der Waals surface area contributed by atoms with E-state index in [1.165, 1.54) is 10.6 Å². The Bertz CT molecular complexity index is 1220. The molecule has 13 heteroatoms. The van der Waals surface area contributed by atoms with Gasteiger partial charge in [0, 0.05) is 18.5 Å². The first kappa shape index (κ1) is 21.8. The molecule has 0 radical (unpaired) electrons. The number of imidazole rings is 1. The van der Waals surface area contributed by atoms with E-state index in [1.54, 1.807) is 0 Å². The van der Waals surface area contributed by atoms with Crippen molar-refractivity contribution in [2.24, 2.45) is 0 Å². The van der Waals surface area contributed by atoms with Crippen molar-refractivity contribution in [1.82, 2.24) is 18.8 Å². The number of para-hydroxylation sites is 1. The predicted octanol–water partition coefficient (Wildman–Crippen LogP) is 1.97. The molecule has 3 heterocycles. The molecule has 0 atom stereocenters. The average Bonchev–Trinajstić information content (AvgIpc) is 2.85. The number of halogens is 3. The summed E-state index contributed by atoms with van der Waals surface area (Å²) in [7, 11) is -3.25. The van der Waals surface area contributed by atoms with Crippen LogP contribution in [0.5, 0.6) is 0 Å². The van der Waals surface area contributed by atoms with E-state index < -0.39 is 22.2 Å². The molecular formula is C17H18F3N5O4S. The van der Waals surface area contributed by atoms with Gasteiger partial charge in [0.05, 0.1) is 23.8 Å². The van der Waals surface area contributed by atoms with Crippen LogP contribution in [0, 0.1) is 0 Å². The summed E-state index contributed by atoms with van der Waals surface area (Å²) in [5, 5.41) is 8.11. The van der Waals surface area contributed by atoms with E-state index in [-0.39, 0.29) is 6.54 Å². The first-order chi connectivity index (χ1) is 13.9. The van der Waals surface area contributed by atoms with Gasteiger partial charge < -0.3 is 15.4 Å². The maximum absolute atomic E-state index is 11.9. The topological polar surface area (TPSA) is 131 Å². The van der Waals surface area contributed by atoms with Crippen LogP contribution < -0.4 is 5.73 Å². The SMILES string of the molecule is CS(=O)(=O)N1CCCn2c(nc3c(N)nc4ccccc4c32)C1.O=C(O)C(F)(F)F. The first-order valence-corrected chi connectivity index (χ1v) is 10.5. The number of nitrogens with two attached hydrogens (primary N) is 1. The number of rotatable bonds is 1. The molecule has 2 aromatic heterocycles. The van der Waals surface area contributed by atoms with Crippen LogP contribution in [0.15, 0.2) is 24.3 Å². The van der Waals surface area contributed by atoms with Crippen molar-refractivity contribution >= 4 is 43.7 Å². The molecule has 0 bridgehead atoms. The minimum absolute atomic E-state index is 0.265. The number of carboxylic acid groups (broad SMARTS) is 1. The van der Waals surface area contributed by atoms with Gasteiger partial charge >= 0.3 is 12.1 Å². The van der Waals surface area contributed by atoms with Crippen molar-refractivity contribution in [1.29, 1.82) is 0 Å². The number of benzene rings is 1. The monoisotopic (exact) mass is 445 g/mol. The lowest BCUT2D eigenvalue weighted by Crippen LogP contribution is -2.29. The number of nitrogen functional groups attached to an aromatic ring is 1. The van der Waals surface area contributed by atoms with Gasteiger partial charge in [-0.1, -0.05) is 18.2 Å². The highest BCUT2D eigenvalue weighted by Crippen LogP contribution is 2.30. The van der Waals surface area contributed by atoms with Crippen molar-refractivity contribution in [3.05, 3.63) is 30.1 Å². The molecule has 0 fully saturated rings. The number of nitrogens with zero attached hydrogens (tertiary/aromatic N) is 4. The van der Waals surface area contributed by atoms with Gasteiger partial charge in [-0.3, -0.25) is 0 Å². The zero-order valence-corrected chi connectivity index (χ0v) is 16.5. The molecule has 3 N–H and O–H groups in total. The highest BCUT2D eigenvalue weighted by atomic mass is 32.2. The number of aryl methyl sites for hydroxylation is 1. The van der Waals surface area contributed by atoms with E-state index >= 15 is 0 Å². The number of alkyl halides is 3. The van der Waals surface area contributed by atoms with Crippen molar-refractivity contribution in [3.63, 3.8) is 0 Å². The lowest BCUT2D eigenvalue weighted by molar-refractivity contribution is -0.192. The molecule has 1 aromatic carbocycles. The van der Waals surface area contributed by atoms with Crippen LogP contribution in [-0.2, 0) is 27.9 Å². The average molecular weight is 445 g/mol. The second-order valence-corrected chi connectivity index (χ2v) is 8.63. The van der Waals surface area contributed by atoms with Crippen molar-refractivity contribution in [3.8, 4) is 0 Å². The largest absolute Gasteiger partial charge is 0.490 e. The molecule has 162 valence electrons. The van der Waals surface area contributed by atoms with Gasteiger partial charge in [0.1, 0.15) is 11.3 Å². The van der Waals surface area contributed by atoms with Gasteiger partial charge in [-0.05, 0) is 12.5 Å². The quantitative estimate of drug-likeness (QED) is 0.585. The minimum atomic E-state index is -5.08. The second kappa shape index (κ2) is 7.72. The normalized spacial score (nSPS) is 15.3. The van der Waals surface area contributed by atoms with Gasteiger partial charge in [0.25, 0.3) is 0 Å². The molecule has 1 aliphatic heterocycles. The minimum Gasteiger partial charge on any atom is -0.475 e. The third kappa shape index (κ3) is 4.31. The smallest absolute Gasteiger partial charge is 0.475 e. The molecular weight excluding hydrogens is 427 g/mol. The van der Waals surface area contributed by atoms with Gasteiger partial charge in [0.2, 0.25) is 10.0 Å². The number of sulfonamides is 1. The Kier molecular flexibility index (Phi) is 5.60. The first-order valence-electron chi connectivity index (χ1n) is 8.68. The van der Waals surface area contributed by atoms with Crippen LogP contribution in [0.3, 0.4) is 0 Å². The van der Waals surface area contributed by atoms with E-state index in [4.69, 9.17) is 15.6 Å². The Morgan fingerprint density at radius 1 is 1.20 bits per heavy atom. The lowest BCUT2D eigenvalue weighted by Gasteiger charge is -2.15. The summed E-state index contributed by atoms with van der Waals surface area (Å²) in [5.41, 5.74) is 8.49. The van der Waals surface area contributed by atoms with Gasteiger partial charge in [0.15, 0.2) is 5.82 Å². The zero-order valence-electron chi connectivity index (χ0n) is 15.7. The molecule has 1 aliphatic rings. The fourth-order valence-electron chi connectivity index (χ4n) is 3.19. The van der Waals surface area contributed by atoms with E-state index in [2.05, 4.69) is 14.5 Å². The summed E-state index contributed by atoms with van der Waals surface area (Å²) in [4.78, 5) is 17.9. The zero-order chi connectivity index (χ0) is 22.3. The van der Waals surface area contributed by atoms with Gasteiger partial charge in [-0.15, -0.1) is 0 Å². The van der Waals surface area contributed by atoms with Crippen LogP contribution in [0.1, 0.15) is 12.2 Å². The molecule has 3 aromatic rings. The Balaban J connectivity index is 0.000000318. The van der Waals surface area contributed by atoms with Crippen LogP contribution in [0.25, 0.3) is 21.9 Å². The standard InChI is InChI=1S/C15H17N5O2S.C2HF3O2/c1-23(21,22)19-7-4-8-20-12(9-19)18-13-14(20)10-5-2-3-6-11(10)17-15(13)16;3-2(4,5)1(6)7/h2-3,5-6H,4,7-9H2,1H3,(H2,16,17);(H,6,7). The fraction of sp³-hybridized carbons (Fsp3) is 0.353. The fourth-order valence-corrected chi connectivity index (χ4v) is 4.00. The van der Waals surface area contributed by atoms with Crippen LogP contribution in [0.2, 0.25) is 0 Å². The number of hydrogen-bond acceptors (Lipinski definition) is 6. The Labute approximate surface area is 169 Å². The van der Waals surface area contributed by atoms with E-state index in [9.17, 15) is 21.6 Å². The number of pyridine rings is 1. The highest BCUT2D eigenvalue weighted by Gasteiger charge is 2.38. The van der Waals surface area contributed by atoms with Crippen LogP contribution in [-0.4, -0.2) is 57.3 Å². The molecule has 0 unspecified atom stereocenters. The maximum atomic E-state index is 11.9. The summed E-state index contributed by atoms with van der Waals surface area (Å²) >= 11 is 0. The number of hydrogen-bond donors (Lipinski definition) is 2. The molecule has 9 nitrogen and oxygen atoms in total. The highest BCUT2D eigenvalue weighted by molar-refractivity contribution is 7.88. The number of aromatic nitrogens is 3. The van der Waals surface area contributed by atoms with Crippen molar-refractivity contribution < 1.29 is 31.5 Å². The summed E-state index contributed by atoms with van der Waals surface area (Å²) < 4.78 is 59.1. The molecule has 4 rings (SSSR count). The van der Waals surface area contributed by atoms with E-state index in [0.29, 0.717) is 30.2 Å². The van der Waals surface area contributed by atoms with Crippen LogP contribution in [0.4, 0.5) is 19.0 Å². The van der Waals surface area contributed by atoms with Crippen molar-refractivity contribution in [2.75, 3.05) is 18.5 Å². The molecule has 0 spiro atoms. The number of aliphatic carboxylic acids is 1. The second-order valence-electron chi connectivity index (χ2n) is 6.64. The number of carboxylic acids is 1. The molecule has 0 aliphatic carbocycles. The lowest BCUT2D eigenvalue weighted by atomic mass is 10.2. The van der Waals surface area contributed by atoms with Crippen molar-refractivity contribution in [2.45, 2.75) is 25.7 Å². The maximum Gasteiger partial charge on any atom is 0.490 e. The Hall–Kier alpha value is -2.93. The third-order valence-corrected chi connectivity index (χ3v) is 5.76. The molecule has 0 saturated heterocycles. The summed E-state index contributed by atoms with van der Waals surface area (Å²) in [6.45, 7) is 1.48. The summed E-state index contributed by atoms with van der Waals surface area (Å²) in [6, 6.07) is 7.80. The number of fused-ring (bicyclic) bond motifs is 5. The predicted molar refractivity (Wildman–Crippen MR) is 103 cm³/mol. The Morgan fingerprint density at radius 3 is 2.43 bits per heavy atom. The summed E-state index contributed by atoms with van der Waals surface area (Å²) in [5.74, 6) is -1.66. The summed E-state index contributed by atoms with van der Waals surface area (Å²) in [6.07, 6.45) is -3.11. The third-order valence-electron chi connectivity index (χ3n) is 4.51. The van der Waals surface area contributed by atoms with E-state index in [1.807, 2.05) is 24.3 Å². The van der Waals surface area contributed by atoms with Crippen LogP contribution >= 0.6 is 0 Å². The molecule has 0 amide bonds. The molecule has 0 saturated carbocycles.